The first-order valence-corrected chi connectivity index (χ1v) is 3.75. The predicted molar refractivity (Wildman–Crippen MR) is 41.5 cm³/mol. The maximum absolute atomic E-state index is 10.6. The number of carboxylic acid groups (broad SMARTS) is 1. The molecule has 0 aromatic rings. The van der Waals surface area contributed by atoms with E-state index in [2.05, 4.69) is 5.32 Å². The summed E-state index contributed by atoms with van der Waals surface area (Å²) in [6.07, 6.45) is 0.711. The number of aliphatic carboxylic acids is 1. The third-order valence-electron chi connectivity index (χ3n) is 2.24. The molecule has 0 bridgehead atoms. The molecule has 64 valence electrons. The molecule has 1 heterocycles. The number of likely N-dealkylation sites (N-methyl/N-ethyl adjacent to an activating group) is 2. The van der Waals surface area contributed by atoms with Crippen LogP contribution in [0, 0.1) is 0 Å². The first kappa shape index (κ1) is 8.49. The fourth-order valence-corrected chi connectivity index (χ4v) is 1.50. The van der Waals surface area contributed by atoms with Crippen LogP contribution in [0.15, 0.2) is 0 Å². The quantitative estimate of drug-likeness (QED) is 0.561. The van der Waals surface area contributed by atoms with Crippen molar-refractivity contribution in [1.82, 2.24) is 10.2 Å². The van der Waals surface area contributed by atoms with Crippen LogP contribution in [0.1, 0.15) is 6.42 Å². The third-order valence-corrected chi connectivity index (χ3v) is 2.24. The smallest absolute Gasteiger partial charge is 0.320 e. The second kappa shape index (κ2) is 3.19. The van der Waals surface area contributed by atoms with Gasteiger partial charge in [-0.2, -0.15) is 0 Å². The van der Waals surface area contributed by atoms with Crippen LogP contribution < -0.4 is 5.32 Å². The van der Waals surface area contributed by atoms with Gasteiger partial charge >= 0.3 is 5.97 Å². The molecular weight excluding hydrogens is 144 g/mol. The normalized spacial score (nSPS) is 32.5. The van der Waals surface area contributed by atoms with Crippen LogP contribution in [-0.2, 0) is 4.79 Å². The maximum Gasteiger partial charge on any atom is 0.320 e. The van der Waals surface area contributed by atoms with Crippen molar-refractivity contribution in [2.45, 2.75) is 18.5 Å². The summed E-state index contributed by atoms with van der Waals surface area (Å²) in [4.78, 5) is 12.5. The van der Waals surface area contributed by atoms with Crippen LogP contribution >= 0.6 is 0 Å². The summed E-state index contributed by atoms with van der Waals surface area (Å²) in [7, 11) is 3.71. The molecule has 1 aliphatic heterocycles. The Bertz CT molecular complexity index is 161. The van der Waals surface area contributed by atoms with Gasteiger partial charge in [0, 0.05) is 12.6 Å². The van der Waals surface area contributed by atoms with Crippen molar-refractivity contribution in [2.75, 3.05) is 20.6 Å². The van der Waals surface area contributed by atoms with Crippen molar-refractivity contribution >= 4 is 5.97 Å². The van der Waals surface area contributed by atoms with Crippen LogP contribution in [0.4, 0.5) is 0 Å². The van der Waals surface area contributed by atoms with E-state index in [-0.39, 0.29) is 6.04 Å². The summed E-state index contributed by atoms with van der Waals surface area (Å²) < 4.78 is 0. The number of nitrogens with one attached hydrogen (secondary N) is 1. The standard InChI is InChI=1S/C7H14N2O2/c1-8-5-3-6(7(10)11)9(2)4-5/h5-6,8H,3-4H2,1-2H3,(H,10,11). The average molecular weight is 158 g/mol. The van der Waals surface area contributed by atoms with Gasteiger partial charge in [-0.1, -0.05) is 0 Å². The molecule has 4 heteroatoms. The average Bonchev–Trinajstić information content (AvgIpc) is 2.30. The Morgan fingerprint density at radius 2 is 2.36 bits per heavy atom. The minimum atomic E-state index is -0.717. The van der Waals surface area contributed by atoms with Gasteiger partial charge < -0.3 is 10.4 Å². The molecule has 11 heavy (non-hydrogen) atoms. The van der Waals surface area contributed by atoms with Crippen LogP contribution in [0.25, 0.3) is 0 Å². The zero-order valence-electron chi connectivity index (χ0n) is 6.87. The molecule has 2 atom stereocenters. The van der Waals surface area contributed by atoms with Crippen LogP contribution in [-0.4, -0.2) is 48.7 Å². The Morgan fingerprint density at radius 3 is 2.64 bits per heavy atom. The molecule has 0 aromatic heterocycles. The Kier molecular flexibility index (Phi) is 2.46. The lowest BCUT2D eigenvalue weighted by Gasteiger charge is -2.13. The van der Waals surface area contributed by atoms with Crippen molar-refractivity contribution < 1.29 is 9.90 Å². The van der Waals surface area contributed by atoms with E-state index in [1.807, 2.05) is 19.0 Å². The van der Waals surface area contributed by atoms with Gasteiger partial charge in [0.2, 0.25) is 0 Å². The Hall–Kier alpha value is -0.610. The van der Waals surface area contributed by atoms with Gasteiger partial charge in [-0.05, 0) is 20.5 Å². The molecule has 0 aliphatic carbocycles. The highest BCUT2D eigenvalue weighted by atomic mass is 16.4. The lowest BCUT2D eigenvalue weighted by Crippen LogP contribution is -2.32. The molecule has 0 radical (unpaired) electrons. The second-order valence-electron chi connectivity index (χ2n) is 3.01. The molecule has 2 unspecified atom stereocenters. The summed E-state index contributed by atoms with van der Waals surface area (Å²) in [5.41, 5.74) is 0. The summed E-state index contributed by atoms with van der Waals surface area (Å²) in [6.45, 7) is 0.827. The number of carbonyl (C=O) groups is 1. The van der Waals surface area contributed by atoms with Crippen LogP contribution in [0.3, 0.4) is 0 Å². The summed E-state index contributed by atoms with van der Waals surface area (Å²) in [5.74, 6) is -0.717. The van der Waals surface area contributed by atoms with E-state index in [1.54, 1.807) is 0 Å². The van der Waals surface area contributed by atoms with Gasteiger partial charge in [-0.25, -0.2) is 0 Å². The molecule has 0 amide bonds. The van der Waals surface area contributed by atoms with E-state index >= 15 is 0 Å². The predicted octanol–water partition coefficient (Wildman–Crippen LogP) is -0.637. The highest BCUT2D eigenvalue weighted by molar-refractivity contribution is 5.73. The number of nitrogens with zero attached hydrogens (tertiary/aromatic N) is 1. The molecule has 0 spiro atoms. The third kappa shape index (κ3) is 1.70. The molecule has 1 saturated heterocycles. The lowest BCUT2D eigenvalue weighted by atomic mass is 10.2. The lowest BCUT2D eigenvalue weighted by molar-refractivity contribution is -0.141. The number of hydrogen-bond acceptors (Lipinski definition) is 3. The fourth-order valence-electron chi connectivity index (χ4n) is 1.50. The van der Waals surface area contributed by atoms with Gasteiger partial charge in [0.25, 0.3) is 0 Å². The molecule has 0 aromatic carbocycles. The van der Waals surface area contributed by atoms with Crippen LogP contribution in [0.5, 0.6) is 0 Å². The van der Waals surface area contributed by atoms with E-state index in [9.17, 15) is 4.79 Å². The maximum atomic E-state index is 10.6. The number of rotatable bonds is 2. The second-order valence-corrected chi connectivity index (χ2v) is 3.01. The minimum absolute atomic E-state index is 0.299. The number of hydrogen-bond donors (Lipinski definition) is 2. The Balaban J connectivity index is 2.51. The van der Waals surface area contributed by atoms with E-state index in [0.29, 0.717) is 12.5 Å². The highest BCUT2D eigenvalue weighted by Crippen LogP contribution is 2.14. The van der Waals surface area contributed by atoms with Gasteiger partial charge in [0.1, 0.15) is 6.04 Å². The van der Waals surface area contributed by atoms with E-state index in [4.69, 9.17) is 5.11 Å². The van der Waals surface area contributed by atoms with Crippen molar-refractivity contribution in [3.63, 3.8) is 0 Å². The topological polar surface area (TPSA) is 52.6 Å². The van der Waals surface area contributed by atoms with E-state index in [0.717, 1.165) is 6.54 Å². The van der Waals surface area contributed by atoms with Gasteiger partial charge in [-0.3, -0.25) is 9.69 Å². The monoisotopic (exact) mass is 158 g/mol. The molecule has 4 nitrogen and oxygen atoms in total. The van der Waals surface area contributed by atoms with Gasteiger partial charge in [0.15, 0.2) is 0 Å². The summed E-state index contributed by atoms with van der Waals surface area (Å²) in [5, 5.41) is 11.8. The largest absolute Gasteiger partial charge is 0.480 e. The van der Waals surface area contributed by atoms with Gasteiger partial charge in [-0.15, -0.1) is 0 Å². The zero-order chi connectivity index (χ0) is 8.43. The van der Waals surface area contributed by atoms with Crippen molar-refractivity contribution in [3.05, 3.63) is 0 Å². The van der Waals surface area contributed by atoms with Crippen molar-refractivity contribution in [2.24, 2.45) is 0 Å². The number of carboxylic acids is 1. The SMILES string of the molecule is CNC1CC(C(=O)O)N(C)C1. The Morgan fingerprint density at radius 1 is 1.73 bits per heavy atom. The van der Waals surface area contributed by atoms with Crippen molar-refractivity contribution in [3.8, 4) is 0 Å². The number of likely N-dealkylation sites (tertiary alicyclic amines) is 1. The fraction of sp³-hybridized carbons (Fsp3) is 0.857. The van der Waals surface area contributed by atoms with Gasteiger partial charge in [0.05, 0.1) is 0 Å². The molecule has 1 fully saturated rings. The van der Waals surface area contributed by atoms with E-state index in [1.165, 1.54) is 0 Å². The van der Waals surface area contributed by atoms with E-state index < -0.39 is 5.97 Å². The summed E-state index contributed by atoms with van der Waals surface area (Å²) in [6, 6.07) is 0.0357. The molecule has 0 saturated carbocycles. The zero-order valence-corrected chi connectivity index (χ0v) is 6.87. The Labute approximate surface area is 66.2 Å². The van der Waals surface area contributed by atoms with Crippen LogP contribution in [0.2, 0.25) is 0 Å². The molecule has 1 rings (SSSR count). The molecular formula is C7H14N2O2. The van der Waals surface area contributed by atoms with Crippen molar-refractivity contribution in [1.29, 1.82) is 0 Å². The summed E-state index contributed by atoms with van der Waals surface area (Å²) >= 11 is 0. The molecule has 2 N–H and O–H groups in total. The first-order chi connectivity index (χ1) is 5.15. The first-order valence-electron chi connectivity index (χ1n) is 3.75. The molecule has 1 aliphatic rings. The minimum Gasteiger partial charge on any atom is -0.480 e. The highest BCUT2D eigenvalue weighted by Gasteiger charge is 2.33.